The second-order valence-electron chi connectivity index (χ2n) is 12.2. The molecule has 1 aliphatic heterocycles. The number of piperidine rings is 1. The molecule has 0 spiro atoms. The van der Waals surface area contributed by atoms with Crippen LogP contribution in [0.3, 0.4) is 0 Å². The average molecular weight is 622 g/mol. The maximum absolute atomic E-state index is 13.8. The van der Waals surface area contributed by atoms with Crippen LogP contribution in [0.25, 0.3) is 0 Å². The molecule has 3 N–H and O–H groups in total. The van der Waals surface area contributed by atoms with Gasteiger partial charge in [-0.3, -0.25) is 9.59 Å². The van der Waals surface area contributed by atoms with Crippen LogP contribution in [0, 0.1) is 17.8 Å². The number of likely N-dealkylation sites (tertiary alicyclic amines) is 1. The number of carbonyl (C=O) groups is 3. The molecule has 1 heterocycles. The summed E-state index contributed by atoms with van der Waals surface area (Å²) in [7, 11) is 1.32. The van der Waals surface area contributed by atoms with Crippen LogP contribution < -0.4 is 10.6 Å². The molecule has 10 heteroatoms. The molecular weight excluding hydrogens is 570 g/mol. The number of hydrogen-bond acceptors (Lipinski definition) is 6. The van der Waals surface area contributed by atoms with Gasteiger partial charge in [0.15, 0.2) is 0 Å². The van der Waals surface area contributed by atoms with Crippen molar-refractivity contribution in [3.05, 3.63) is 34.9 Å². The Bertz CT molecular complexity index is 1000. The number of aliphatic hydroxyl groups excluding tert-OH is 1. The van der Waals surface area contributed by atoms with Gasteiger partial charge in [-0.2, -0.15) is 0 Å². The number of halogens is 1. The summed E-state index contributed by atoms with van der Waals surface area (Å²) in [5.74, 6) is 0.145. The fourth-order valence-electron chi connectivity index (χ4n) is 6.50. The molecule has 0 aromatic heterocycles. The first-order valence-corrected chi connectivity index (χ1v) is 16.6. The molecular formula is C33H52ClN3O6. The number of aliphatic hydroxyl groups is 1. The van der Waals surface area contributed by atoms with Gasteiger partial charge >= 0.3 is 6.09 Å². The Balaban J connectivity index is 1.67. The van der Waals surface area contributed by atoms with Crippen molar-refractivity contribution in [1.82, 2.24) is 15.5 Å². The zero-order valence-corrected chi connectivity index (χ0v) is 26.8. The number of alkyl carbamates (subject to hydrolysis) is 1. The van der Waals surface area contributed by atoms with Crippen LogP contribution in [-0.2, 0) is 19.1 Å². The van der Waals surface area contributed by atoms with Crippen LogP contribution in [0.1, 0.15) is 95.6 Å². The minimum Gasteiger partial charge on any atom is -0.453 e. The molecule has 4 atom stereocenters. The molecule has 1 saturated carbocycles. The van der Waals surface area contributed by atoms with Crippen LogP contribution in [0.4, 0.5) is 4.79 Å². The summed E-state index contributed by atoms with van der Waals surface area (Å²) in [5.41, 5.74) is 0.935. The van der Waals surface area contributed by atoms with Crippen molar-refractivity contribution in [3.63, 3.8) is 0 Å². The van der Waals surface area contributed by atoms with E-state index >= 15 is 0 Å². The fourth-order valence-corrected chi connectivity index (χ4v) is 6.70. The topological polar surface area (TPSA) is 117 Å². The van der Waals surface area contributed by atoms with Gasteiger partial charge in [-0.15, -0.1) is 0 Å². The van der Waals surface area contributed by atoms with Crippen molar-refractivity contribution in [1.29, 1.82) is 0 Å². The third-order valence-electron chi connectivity index (χ3n) is 8.86. The Morgan fingerprint density at radius 2 is 1.86 bits per heavy atom. The first kappa shape index (κ1) is 35.1. The van der Waals surface area contributed by atoms with E-state index in [0.717, 1.165) is 50.5 Å². The minimum absolute atomic E-state index is 0.0214. The van der Waals surface area contributed by atoms with Crippen LogP contribution in [0.5, 0.6) is 0 Å². The van der Waals surface area contributed by atoms with Crippen molar-refractivity contribution < 1.29 is 29.0 Å². The SMILES string of the molecule is CCCCNC(=O)CC(O)C(CC(=O)N1CCCC(C(OCCNC(=O)OC)c2cccc(Cl)c2)C1)CC1CCCCC1. The summed E-state index contributed by atoms with van der Waals surface area (Å²) >= 11 is 6.32. The van der Waals surface area contributed by atoms with Crippen LogP contribution in [-0.4, -0.2) is 73.9 Å². The Morgan fingerprint density at radius 1 is 1.07 bits per heavy atom. The van der Waals surface area contributed by atoms with E-state index in [9.17, 15) is 19.5 Å². The van der Waals surface area contributed by atoms with Gasteiger partial charge in [0.2, 0.25) is 11.8 Å². The van der Waals surface area contributed by atoms with Crippen molar-refractivity contribution in [2.24, 2.45) is 17.8 Å². The summed E-state index contributed by atoms with van der Waals surface area (Å²) < 4.78 is 10.9. The highest BCUT2D eigenvalue weighted by Crippen LogP contribution is 2.36. The summed E-state index contributed by atoms with van der Waals surface area (Å²) in [5, 5.41) is 17.4. The molecule has 43 heavy (non-hydrogen) atoms. The normalized spacial score (nSPS) is 19.7. The lowest BCUT2D eigenvalue weighted by atomic mass is 9.79. The Hall–Kier alpha value is -2.36. The van der Waals surface area contributed by atoms with Crippen molar-refractivity contribution >= 4 is 29.5 Å². The number of rotatable bonds is 16. The lowest BCUT2D eigenvalue weighted by Gasteiger charge is -2.38. The van der Waals surface area contributed by atoms with Crippen molar-refractivity contribution in [2.45, 2.75) is 96.2 Å². The highest BCUT2D eigenvalue weighted by atomic mass is 35.5. The number of carbonyl (C=O) groups excluding carboxylic acids is 3. The second-order valence-corrected chi connectivity index (χ2v) is 12.6. The molecule has 2 aliphatic rings. The lowest BCUT2D eigenvalue weighted by Crippen LogP contribution is -2.44. The Labute approximate surface area is 262 Å². The molecule has 2 fully saturated rings. The second kappa shape index (κ2) is 19.1. The highest BCUT2D eigenvalue weighted by Gasteiger charge is 2.34. The van der Waals surface area contributed by atoms with Gasteiger partial charge in [0.05, 0.1) is 32.3 Å². The van der Waals surface area contributed by atoms with Gasteiger partial charge < -0.3 is 30.1 Å². The monoisotopic (exact) mass is 621 g/mol. The molecule has 3 rings (SSSR count). The molecule has 1 aliphatic carbocycles. The highest BCUT2D eigenvalue weighted by molar-refractivity contribution is 6.30. The maximum Gasteiger partial charge on any atom is 0.406 e. The fraction of sp³-hybridized carbons (Fsp3) is 0.727. The van der Waals surface area contributed by atoms with Gasteiger partial charge in [-0.1, -0.05) is 69.2 Å². The zero-order valence-electron chi connectivity index (χ0n) is 26.0. The molecule has 9 nitrogen and oxygen atoms in total. The van der Waals surface area contributed by atoms with E-state index < -0.39 is 12.2 Å². The van der Waals surface area contributed by atoms with E-state index in [2.05, 4.69) is 22.3 Å². The minimum atomic E-state index is -0.849. The number of unbranched alkanes of at least 4 members (excludes halogenated alkanes) is 1. The Morgan fingerprint density at radius 3 is 2.58 bits per heavy atom. The van der Waals surface area contributed by atoms with Gasteiger partial charge in [0, 0.05) is 43.5 Å². The largest absolute Gasteiger partial charge is 0.453 e. The number of hydrogen-bond donors (Lipinski definition) is 3. The van der Waals surface area contributed by atoms with E-state index in [1.165, 1.54) is 26.4 Å². The summed E-state index contributed by atoms with van der Waals surface area (Å²) in [4.78, 5) is 39.7. The quantitative estimate of drug-likeness (QED) is 0.206. The van der Waals surface area contributed by atoms with E-state index in [1.807, 2.05) is 29.2 Å². The van der Waals surface area contributed by atoms with Gasteiger partial charge in [0.1, 0.15) is 0 Å². The number of nitrogens with one attached hydrogen (secondary N) is 2. The standard InChI is InChI=1S/C33H52ClN3O6/c1-3-4-15-35-30(39)22-29(38)27(19-24-10-6-5-7-11-24)21-31(40)37-17-9-13-26(23-37)32(25-12-8-14-28(34)20-25)43-18-16-36-33(41)42-2/h8,12,14,20,24,26-27,29,32,38H,3-7,9-11,13,15-19,21-23H2,1-2H3,(H,35,39)(H,36,41). The van der Waals surface area contributed by atoms with Crippen molar-refractivity contribution in [2.75, 3.05) is 39.9 Å². The van der Waals surface area contributed by atoms with Crippen LogP contribution in [0.15, 0.2) is 24.3 Å². The van der Waals surface area contributed by atoms with Gasteiger partial charge in [-0.25, -0.2) is 4.79 Å². The average Bonchev–Trinajstić information content (AvgIpc) is 3.01. The molecule has 4 unspecified atom stereocenters. The van der Waals surface area contributed by atoms with E-state index in [4.69, 9.17) is 16.3 Å². The molecule has 1 saturated heterocycles. The van der Waals surface area contributed by atoms with Gasteiger partial charge in [0.25, 0.3) is 0 Å². The molecule has 3 amide bonds. The van der Waals surface area contributed by atoms with E-state index in [0.29, 0.717) is 37.1 Å². The maximum atomic E-state index is 13.8. The molecule has 1 aromatic carbocycles. The number of benzene rings is 1. The number of amides is 3. The third kappa shape index (κ3) is 12.3. The summed E-state index contributed by atoms with van der Waals surface area (Å²) in [6.07, 6.45) is 8.85. The van der Waals surface area contributed by atoms with Crippen molar-refractivity contribution in [3.8, 4) is 0 Å². The first-order chi connectivity index (χ1) is 20.8. The zero-order chi connectivity index (χ0) is 31.0. The lowest BCUT2D eigenvalue weighted by molar-refractivity contribution is -0.137. The third-order valence-corrected chi connectivity index (χ3v) is 9.09. The summed E-state index contributed by atoms with van der Waals surface area (Å²) in [6.45, 7) is 4.45. The van der Waals surface area contributed by atoms with Crippen LogP contribution in [0.2, 0.25) is 5.02 Å². The van der Waals surface area contributed by atoms with Gasteiger partial charge in [-0.05, 0) is 55.2 Å². The van der Waals surface area contributed by atoms with E-state index in [1.54, 1.807) is 0 Å². The molecule has 0 bridgehead atoms. The Kier molecular flexibility index (Phi) is 15.6. The smallest absolute Gasteiger partial charge is 0.406 e. The number of ether oxygens (including phenoxy) is 2. The molecule has 242 valence electrons. The van der Waals surface area contributed by atoms with E-state index in [-0.39, 0.29) is 49.2 Å². The molecule has 1 aromatic rings. The predicted molar refractivity (Wildman–Crippen MR) is 168 cm³/mol. The number of methoxy groups -OCH3 is 1. The predicted octanol–water partition coefficient (Wildman–Crippen LogP) is 5.64. The first-order valence-electron chi connectivity index (χ1n) is 16.2. The number of nitrogens with zero attached hydrogens (tertiary/aromatic N) is 1. The summed E-state index contributed by atoms with van der Waals surface area (Å²) in [6, 6.07) is 7.58. The molecule has 0 radical (unpaired) electrons. The van der Waals surface area contributed by atoms with Crippen LogP contribution >= 0.6 is 11.6 Å².